The number of hydrogen-bond donors (Lipinski definition) is 1. The Kier molecular flexibility index (Phi) is 5.36. The highest BCUT2D eigenvalue weighted by Gasteiger charge is 2.27. The summed E-state index contributed by atoms with van der Waals surface area (Å²) in [6.45, 7) is 2.12. The van der Waals surface area contributed by atoms with Crippen LogP contribution >= 0.6 is 0 Å². The van der Waals surface area contributed by atoms with E-state index in [1.54, 1.807) is 0 Å². The zero-order valence-corrected chi connectivity index (χ0v) is 11.3. The van der Waals surface area contributed by atoms with E-state index < -0.39 is 0 Å². The fourth-order valence-corrected chi connectivity index (χ4v) is 2.49. The molecule has 1 aliphatic heterocycles. The van der Waals surface area contributed by atoms with Crippen molar-refractivity contribution >= 4 is 5.91 Å². The normalized spacial score (nSPS) is 18.8. The summed E-state index contributed by atoms with van der Waals surface area (Å²) in [6, 6.07) is 10.4. The summed E-state index contributed by atoms with van der Waals surface area (Å²) in [4.78, 5) is 13.8. The first-order valence-corrected chi connectivity index (χ1v) is 6.92. The fraction of sp³-hybridized carbons (Fsp3) is 0.533. The molecule has 104 valence electrons. The maximum absolute atomic E-state index is 12.0. The third kappa shape index (κ3) is 4.04. The smallest absolute Gasteiger partial charge is 0.248 e. The molecule has 0 aromatic heterocycles. The zero-order chi connectivity index (χ0) is 13.5. The molecule has 0 spiro atoms. The molecule has 0 saturated carbocycles. The van der Waals surface area contributed by atoms with Gasteiger partial charge in [-0.3, -0.25) is 4.79 Å². The first-order valence-electron chi connectivity index (χ1n) is 6.92. The number of hydrogen-bond acceptors (Lipinski definition) is 3. The lowest BCUT2D eigenvalue weighted by atomic mass is 10.2. The van der Waals surface area contributed by atoms with E-state index in [4.69, 9.17) is 10.5 Å². The molecule has 0 bridgehead atoms. The summed E-state index contributed by atoms with van der Waals surface area (Å²) in [5.41, 5.74) is 6.89. The second-order valence-corrected chi connectivity index (χ2v) is 4.91. The summed E-state index contributed by atoms with van der Waals surface area (Å²) in [5.74, 6) is 0.0704. The monoisotopic (exact) mass is 262 g/mol. The van der Waals surface area contributed by atoms with Crippen LogP contribution in [0.15, 0.2) is 30.3 Å². The first kappa shape index (κ1) is 14.0. The highest BCUT2D eigenvalue weighted by Crippen LogP contribution is 2.16. The average molecular weight is 262 g/mol. The van der Waals surface area contributed by atoms with Gasteiger partial charge in [-0.05, 0) is 24.8 Å². The number of nitrogens with two attached hydrogens (primary N) is 1. The van der Waals surface area contributed by atoms with Crippen LogP contribution in [0.25, 0.3) is 0 Å². The highest BCUT2D eigenvalue weighted by molar-refractivity contribution is 5.78. The number of amides is 1. The molecule has 1 heterocycles. The second-order valence-electron chi connectivity index (χ2n) is 4.91. The van der Waals surface area contributed by atoms with Crippen molar-refractivity contribution in [2.45, 2.75) is 25.3 Å². The van der Waals surface area contributed by atoms with Crippen LogP contribution < -0.4 is 5.73 Å². The molecule has 1 aliphatic rings. The van der Waals surface area contributed by atoms with Crippen molar-refractivity contribution in [3.8, 4) is 0 Å². The zero-order valence-electron chi connectivity index (χ0n) is 11.3. The first-order chi connectivity index (χ1) is 9.31. The van der Waals surface area contributed by atoms with E-state index in [2.05, 4.69) is 12.1 Å². The van der Waals surface area contributed by atoms with Crippen LogP contribution in [0, 0.1) is 0 Å². The molecule has 1 aromatic carbocycles. The van der Waals surface area contributed by atoms with Gasteiger partial charge in [-0.2, -0.15) is 0 Å². The van der Waals surface area contributed by atoms with Crippen LogP contribution in [-0.4, -0.2) is 43.2 Å². The molecule has 1 unspecified atom stereocenters. The van der Waals surface area contributed by atoms with E-state index in [0.29, 0.717) is 13.2 Å². The SMILES string of the molecule is NCC1CCCN1C(=O)COCCc1ccccc1. The van der Waals surface area contributed by atoms with E-state index in [0.717, 1.165) is 25.8 Å². The van der Waals surface area contributed by atoms with Crippen molar-refractivity contribution in [2.24, 2.45) is 5.73 Å². The molecule has 19 heavy (non-hydrogen) atoms. The lowest BCUT2D eigenvalue weighted by Crippen LogP contribution is -2.41. The van der Waals surface area contributed by atoms with Crippen molar-refractivity contribution in [1.82, 2.24) is 4.90 Å². The molecule has 2 N–H and O–H groups in total. The van der Waals surface area contributed by atoms with Gasteiger partial charge < -0.3 is 15.4 Å². The highest BCUT2D eigenvalue weighted by atomic mass is 16.5. The molecule has 1 saturated heterocycles. The van der Waals surface area contributed by atoms with Crippen molar-refractivity contribution in [2.75, 3.05) is 26.3 Å². The fourth-order valence-electron chi connectivity index (χ4n) is 2.49. The van der Waals surface area contributed by atoms with E-state index >= 15 is 0 Å². The van der Waals surface area contributed by atoms with Crippen LogP contribution in [0.3, 0.4) is 0 Å². The standard InChI is InChI=1S/C15H22N2O2/c16-11-14-7-4-9-17(14)15(18)12-19-10-8-13-5-2-1-3-6-13/h1-3,5-6,14H,4,7-12,16H2. The Hall–Kier alpha value is -1.39. The summed E-state index contributed by atoms with van der Waals surface area (Å²) in [6.07, 6.45) is 2.91. The molecule has 0 aliphatic carbocycles. The third-order valence-electron chi connectivity index (χ3n) is 3.57. The molecular weight excluding hydrogens is 240 g/mol. The minimum Gasteiger partial charge on any atom is -0.371 e. The maximum Gasteiger partial charge on any atom is 0.248 e. The summed E-state index contributed by atoms with van der Waals surface area (Å²) >= 11 is 0. The minimum absolute atomic E-state index is 0.0704. The van der Waals surface area contributed by atoms with E-state index in [9.17, 15) is 4.79 Å². The van der Waals surface area contributed by atoms with Crippen molar-refractivity contribution in [3.63, 3.8) is 0 Å². The van der Waals surface area contributed by atoms with Gasteiger partial charge in [0.1, 0.15) is 6.61 Å². The lowest BCUT2D eigenvalue weighted by Gasteiger charge is -2.23. The van der Waals surface area contributed by atoms with Crippen molar-refractivity contribution < 1.29 is 9.53 Å². The molecule has 1 fully saturated rings. The number of likely N-dealkylation sites (tertiary alicyclic amines) is 1. The van der Waals surface area contributed by atoms with Gasteiger partial charge in [0.05, 0.1) is 6.61 Å². The molecule has 0 radical (unpaired) electrons. The van der Waals surface area contributed by atoms with Gasteiger partial charge >= 0.3 is 0 Å². The van der Waals surface area contributed by atoms with Crippen molar-refractivity contribution in [1.29, 1.82) is 0 Å². The van der Waals surface area contributed by atoms with Gasteiger partial charge in [-0.1, -0.05) is 30.3 Å². The van der Waals surface area contributed by atoms with Gasteiger partial charge in [0.2, 0.25) is 5.91 Å². The topological polar surface area (TPSA) is 55.6 Å². The number of carbonyl (C=O) groups is 1. The summed E-state index contributed by atoms with van der Waals surface area (Å²) in [5, 5.41) is 0. The van der Waals surface area contributed by atoms with Gasteiger partial charge in [-0.15, -0.1) is 0 Å². The number of ether oxygens (including phenoxy) is 1. The number of rotatable bonds is 6. The van der Waals surface area contributed by atoms with E-state index in [1.807, 2.05) is 23.1 Å². The largest absolute Gasteiger partial charge is 0.371 e. The Labute approximate surface area is 114 Å². The quantitative estimate of drug-likeness (QED) is 0.784. The number of nitrogens with zero attached hydrogens (tertiary/aromatic N) is 1. The molecule has 1 atom stereocenters. The van der Waals surface area contributed by atoms with Crippen LogP contribution in [0.2, 0.25) is 0 Å². The Morgan fingerprint density at radius 3 is 2.89 bits per heavy atom. The Balaban J connectivity index is 1.67. The Morgan fingerprint density at radius 2 is 2.16 bits per heavy atom. The molecule has 4 heteroatoms. The Morgan fingerprint density at radius 1 is 1.37 bits per heavy atom. The van der Waals surface area contributed by atoms with Gasteiger partial charge in [0.15, 0.2) is 0 Å². The number of benzene rings is 1. The van der Waals surface area contributed by atoms with Crippen LogP contribution in [0.4, 0.5) is 0 Å². The molecule has 2 rings (SSSR count). The third-order valence-corrected chi connectivity index (χ3v) is 3.57. The predicted octanol–water partition coefficient (Wildman–Crippen LogP) is 1.20. The molecule has 1 aromatic rings. The molecular formula is C15H22N2O2. The summed E-state index contributed by atoms with van der Waals surface area (Å²) < 4.78 is 5.47. The predicted molar refractivity (Wildman–Crippen MR) is 74.8 cm³/mol. The van der Waals surface area contributed by atoms with E-state index in [-0.39, 0.29) is 18.6 Å². The Bertz CT molecular complexity index is 394. The number of carbonyl (C=O) groups excluding carboxylic acids is 1. The average Bonchev–Trinajstić information content (AvgIpc) is 2.93. The van der Waals surface area contributed by atoms with Crippen molar-refractivity contribution in [3.05, 3.63) is 35.9 Å². The maximum atomic E-state index is 12.0. The van der Waals surface area contributed by atoms with Gasteiger partial charge in [0, 0.05) is 19.1 Å². The summed E-state index contributed by atoms with van der Waals surface area (Å²) in [7, 11) is 0. The van der Waals surface area contributed by atoms with E-state index in [1.165, 1.54) is 5.56 Å². The van der Waals surface area contributed by atoms with Crippen LogP contribution in [-0.2, 0) is 16.0 Å². The molecule has 1 amide bonds. The van der Waals surface area contributed by atoms with Gasteiger partial charge in [-0.25, -0.2) is 0 Å². The lowest BCUT2D eigenvalue weighted by molar-refractivity contribution is -0.136. The molecule has 4 nitrogen and oxygen atoms in total. The van der Waals surface area contributed by atoms with Crippen LogP contribution in [0.1, 0.15) is 18.4 Å². The van der Waals surface area contributed by atoms with Crippen LogP contribution in [0.5, 0.6) is 0 Å². The second kappa shape index (κ2) is 7.26. The minimum atomic E-state index is 0.0704. The van der Waals surface area contributed by atoms with Gasteiger partial charge in [0.25, 0.3) is 0 Å².